The van der Waals surface area contributed by atoms with Crippen molar-refractivity contribution in [1.29, 1.82) is 0 Å². The molecule has 0 saturated heterocycles. The Morgan fingerprint density at radius 2 is 2.33 bits per heavy atom. The molecule has 0 radical (unpaired) electrons. The molecule has 0 aliphatic rings. The Morgan fingerprint density at radius 3 is 2.92 bits per heavy atom. The summed E-state index contributed by atoms with van der Waals surface area (Å²) >= 11 is 5.61. The predicted octanol–water partition coefficient (Wildman–Crippen LogP) is 1.66. The summed E-state index contributed by atoms with van der Waals surface area (Å²) in [5.41, 5.74) is 0.713. The van der Waals surface area contributed by atoms with Crippen LogP contribution in [0.1, 0.15) is 0 Å². The minimum Gasteiger partial charge on any atom is -0.506 e. The summed E-state index contributed by atoms with van der Waals surface area (Å²) in [4.78, 5) is 9.99. The molecule has 3 nitrogen and oxygen atoms in total. The normalized spacial score (nSPS) is 9.42. The molecule has 0 saturated carbocycles. The third-order valence-corrected chi connectivity index (χ3v) is 1.64. The highest BCUT2D eigenvalue weighted by Gasteiger charge is 1.98. The number of anilines is 1. The zero-order valence-corrected chi connectivity index (χ0v) is 7.01. The van der Waals surface area contributed by atoms with Crippen molar-refractivity contribution in [3.8, 4) is 5.75 Å². The highest BCUT2D eigenvalue weighted by Crippen LogP contribution is 2.25. The van der Waals surface area contributed by atoms with Crippen LogP contribution >= 0.6 is 11.6 Å². The Bertz CT molecular complexity index is 288. The van der Waals surface area contributed by atoms with Crippen molar-refractivity contribution >= 4 is 23.6 Å². The smallest absolute Gasteiger partial charge is 0.139 e. The number of carbonyl (C=O) groups is 1. The van der Waals surface area contributed by atoms with E-state index in [2.05, 4.69) is 5.32 Å². The molecule has 64 valence electrons. The van der Waals surface area contributed by atoms with Gasteiger partial charge in [0.25, 0.3) is 0 Å². The van der Waals surface area contributed by atoms with Crippen LogP contribution in [-0.4, -0.2) is 17.9 Å². The first-order valence-electron chi connectivity index (χ1n) is 3.40. The average molecular weight is 186 g/mol. The summed E-state index contributed by atoms with van der Waals surface area (Å²) in [6, 6.07) is 4.67. The fourth-order valence-corrected chi connectivity index (χ4v) is 0.957. The molecule has 0 atom stereocenters. The summed E-state index contributed by atoms with van der Waals surface area (Å²) in [6.07, 6.45) is 0.751. The number of hydrogen-bond donors (Lipinski definition) is 2. The molecule has 0 fully saturated rings. The van der Waals surface area contributed by atoms with Crippen LogP contribution in [-0.2, 0) is 4.79 Å². The minimum absolute atomic E-state index is 0.0355. The van der Waals surface area contributed by atoms with Gasteiger partial charge in [-0.1, -0.05) is 11.6 Å². The monoisotopic (exact) mass is 185 g/mol. The van der Waals surface area contributed by atoms with Gasteiger partial charge in [0.2, 0.25) is 0 Å². The standard InChI is InChI=1S/C8H8ClNO2/c9-7-5-6(10-3-4-11)1-2-8(7)12/h1-2,4-5,10,12H,3H2. The third kappa shape index (κ3) is 2.13. The van der Waals surface area contributed by atoms with E-state index in [1.54, 1.807) is 12.1 Å². The number of aldehydes is 1. The van der Waals surface area contributed by atoms with E-state index >= 15 is 0 Å². The lowest BCUT2D eigenvalue weighted by atomic mass is 10.3. The lowest BCUT2D eigenvalue weighted by molar-refractivity contribution is -0.106. The summed E-state index contributed by atoms with van der Waals surface area (Å²) in [5, 5.41) is 12.1. The maximum Gasteiger partial charge on any atom is 0.139 e. The maximum atomic E-state index is 9.99. The minimum atomic E-state index is 0.0355. The lowest BCUT2D eigenvalue weighted by Crippen LogP contribution is -2.01. The molecule has 2 N–H and O–H groups in total. The second-order valence-electron chi connectivity index (χ2n) is 2.21. The second kappa shape index (κ2) is 3.97. The number of nitrogens with one attached hydrogen (secondary N) is 1. The van der Waals surface area contributed by atoms with Gasteiger partial charge in [-0.2, -0.15) is 0 Å². The number of aromatic hydroxyl groups is 1. The first-order chi connectivity index (χ1) is 5.74. The number of phenols is 1. The van der Waals surface area contributed by atoms with Gasteiger partial charge in [-0.25, -0.2) is 0 Å². The fourth-order valence-electron chi connectivity index (χ4n) is 0.776. The molecule has 1 aromatic carbocycles. The van der Waals surface area contributed by atoms with Crippen LogP contribution in [0.3, 0.4) is 0 Å². The van der Waals surface area contributed by atoms with Gasteiger partial charge in [-0.15, -0.1) is 0 Å². The van der Waals surface area contributed by atoms with Crippen molar-refractivity contribution in [3.63, 3.8) is 0 Å². The Balaban J connectivity index is 2.75. The molecule has 0 aromatic heterocycles. The molecule has 0 unspecified atom stereocenters. The molecule has 12 heavy (non-hydrogen) atoms. The van der Waals surface area contributed by atoms with Gasteiger partial charge < -0.3 is 15.2 Å². The van der Waals surface area contributed by atoms with Gasteiger partial charge in [-0.05, 0) is 18.2 Å². The Labute approximate surface area is 75.0 Å². The number of carbonyl (C=O) groups excluding carboxylic acids is 1. The topological polar surface area (TPSA) is 49.3 Å². The third-order valence-electron chi connectivity index (χ3n) is 1.34. The number of halogens is 1. The van der Waals surface area contributed by atoms with Crippen molar-refractivity contribution in [2.45, 2.75) is 0 Å². The van der Waals surface area contributed by atoms with E-state index in [4.69, 9.17) is 16.7 Å². The van der Waals surface area contributed by atoms with Crippen LogP contribution in [0.25, 0.3) is 0 Å². The number of rotatable bonds is 3. The van der Waals surface area contributed by atoms with E-state index in [1.165, 1.54) is 6.07 Å². The fraction of sp³-hybridized carbons (Fsp3) is 0.125. The highest BCUT2D eigenvalue weighted by atomic mass is 35.5. The zero-order chi connectivity index (χ0) is 8.97. The van der Waals surface area contributed by atoms with Crippen molar-refractivity contribution in [2.75, 3.05) is 11.9 Å². The molecule has 4 heteroatoms. The van der Waals surface area contributed by atoms with Crippen LogP contribution in [0, 0.1) is 0 Å². The molecule has 1 rings (SSSR count). The van der Waals surface area contributed by atoms with E-state index < -0.39 is 0 Å². The SMILES string of the molecule is O=CCNc1ccc(O)c(Cl)c1. The van der Waals surface area contributed by atoms with E-state index in [0.717, 1.165) is 6.29 Å². The Kier molecular flexibility index (Phi) is 2.94. The molecule has 0 aliphatic heterocycles. The van der Waals surface area contributed by atoms with E-state index in [1.807, 2.05) is 0 Å². The zero-order valence-electron chi connectivity index (χ0n) is 6.25. The van der Waals surface area contributed by atoms with Crippen LogP contribution < -0.4 is 5.32 Å². The van der Waals surface area contributed by atoms with Crippen molar-refractivity contribution in [1.82, 2.24) is 0 Å². The van der Waals surface area contributed by atoms with Gasteiger partial charge in [0.05, 0.1) is 11.6 Å². The average Bonchev–Trinajstić information content (AvgIpc) is 2.07. The van der Waals surface area contributed by atoms with Crippen LogP contribution in [0.4, 0.5) is 5.69 Å². The van der Waals surface area contributed by atoms with E-state index in [0.29, 0.717) is 5.69 Å². The van der Waals surface area contributed by atoms with Gasteiger partial charge in [-0.3, -0.25) is 0 Å². The van der Waals surface area contributed by atoms with E-state index in [9.17, 15) is 4.79 Å². The summed E-state index contributed by atoms with van der Waals surface area (Å²) in [7, 11) is 0. The van der Waals surface area contributed by atoms with Gasteiger partial charge in [0.15, 0.2) is 0 Å². The molecular weight excluding hydrogens is 178 g/mol. The predicted molar refractivity (Wildman–Crippen MR) is 47.7 cm³/mol. The molecule has 1 aromatic rings. The molecular formula is C8H8ClNO2. The molecule has 0 spiro atoms. The quantitative estimate of drug-likeness (QED) is 0.556. The number of benzene rings is 1. The van der Waals surface area contributed by atoms with E-state index in [-0.39, 0.29) is 17.3 Å². The lowest BCUT2D eigenvalue weighted by Gasteiger charge is -2.02. The summed E-state index contributed by atoms with van der Waals surface area (Å²) in [6.45, 7) is 0.237. The summed E-state index contributed by atoms with van der Waals surface area (Å²) < 4.78 is 0. The number of hydrogen-bond acceptors (Lipinski definition) is 3. The highest BCUT2D eigenvalue weighted by molar-refractivity contribution is 6.32. The Hall–Kier alpha value is -1.22. The first-order valence-corrected chi connectivity index (χ1v) is 3.78. The first kappa shape index (κ1) is 8.87. The van der Waals surface area contributed by atoms with Crippen molar-refractivity contribution in [2.24, 2.45) is 0 Å². The molecule has 0 bridgehead atoms. The molecule has 0 heterocycles. The second-order valence-corrected chi connectivity index (χ2v) is 2.62. The largest absolute Gasteiger partial charge is 0.506 e. The van der Waals surface area contributed by atoms with Crippen LogP contribution in [0.5, 0.6) is 5.75 Å². The van der Waals surface area contributed by atoms with Crippen molar-refractivity contribution in [3.05, 3.63) is 23.2 Å². The van der Waals surface area contributed by atoms with Gasteiger partial charge >= 0.3 is 0 Å². The maximum absolute atomic E-state index is 9.99. The molecule has 0 amide bonds. The number of phenolic OH excluding ortho intramolecular Hbond substituents is 1. The van der Waals surface area contributed by atoms with Crippen LogP contribution in [0.15, 0.2) is 18.2 Å². The van der Waals surface area contributed by atoms with Crippen LogP contribution in [0.2, 0.25) is 5.02 Å². The van der Waals surface area contributed by atoms with Gasteiger partial charge in [0, 0.05) is 5.69 Å². The van der Waals surface area contributed by atoms with Gasteiger partial charge in [0.1, 0.15) is 12.0 Å². The Morgan fingerprint density at radius 1 is 1.58 bits per heavy atom. The summed E-state index contributed by atoms with van der Waals surface area (Å²) in [5.74, 6) is 0.0355. The molecule has 0 aliphatic carbocycles. The van der Waals surface area contributed by atoms with Crippen molar-refractivity contribution < 1.29 is 9.90 Å².